The third kappa shape index (κ3) is 4.89. The lowest BCUT2D eigenvalue weighted by Gasteiger charge is -2.23. The van der Waals surface area contributed by atoms with Crippen LogP contribution in [0.4, 0.5) is 0 Å². The van der Waals surface area contributed by atoms with E-state index in [0.29, 0.717) is 0 Å². The van der Waals surface area contributed by atoms with Gasteiger partial charge < -0.3 is 10.1 Å². The molecule has 0 saturated heterocycles. The summed E-state index contributed by atoms with van der Waals surface area (Å²) in [4.78, 5) is 28.3. The highest BCUT2D eigenvalue weighted by Crippen LogP contribution is 2.23. The first-order valence-corrected chi connectivity index (χ1v) is 8.18. The van der Waals surface area contributed by atoms with Crippen LogP contribution in [0, 0.1) is 0 Å². The maximum absolute atomic E-state index is 12.1. The molecule has 23 heavy (non-hydrogen) atoms. The second kappa shape index (κ2) is 6.91. The largest absolute Gasteiger partial charge is 0.448 e. The minimum atomic E-state index is -0.872. The normalized spacial score (nSPS) is 12.5. The van der Waals surface area contributed by atoms with Crippen LogP contribution >= 0.6 is 11.3 Å². The van der Waals surface area contributed by atoms with E-state index in [0.717, 1.165) is 10.6 Å². The molecule has 0 fully saturated rings. The highest BCUT2D eigenvalue weighted by atomic mass is 32.1. The standard InChI is InChI=1S/C17H20N2O3S/c1-11(14(20)19-17(2,3)4)22-16(21)13-10-23-15(18-13)12-8-6-5-7-9-12/h5-11H,1-4H3,(H,19,20)/t11-/m1/s1. The molecule has 0 aliphatic carbocycles. The van der Waals surface area contributed by atoms with Gasteiger partial charge in [-0.05, 0) is 27.7 Å². The van der Waals surface area contributed by atoms with Crippen LogP contribution in [0.25, 0.3) is 10.6 Å². The Morgan fingerprint density at radius 3 is 2.48 bits per heavy atom. The molecule has 0 aliphatic rings. The highest BCUT2D eigenvalue weighted by Gasteiger charge is 2.24. The van der Waals surface area contributed by atoms with Crippen LogP contribution in [0.1, 0.15) is 38.2 Å². The van der Waals surface area contributed by atoms with E-state index >= 15 is 0 Å². The fourth-order valence-electron chi connectivity index (χ4n) is 1.83. The van der Waals surface area contributed by atoms with Crippen molar-refractivity contribution in [1.82, 2.24) is 10.3 Å². The van der Waals surface area contributed by atoms with Crippen LogP contribution in [0.15, 0.2) is 35.7 Å². The molecule has 1 amide bonds. The Kier molecular flexibility index (Phi) is 5.15. The predicted octanol–water partition coefficient (Wildman–Crippen LogP) is 3.27. The first-order chi connectivity index (χ1) is 10.8. The van der Waals surface area contributed by atoms with Gasteiger partial charge in [-0.2, -0.15) is 0 Å². The van der Waals surface area contributed by atoms with E-state index in [4.69, 9.17) is 4.74 Å². The molecule has 1 N–H and O–H groups in total. The quantitative estimate of drug-likeness (QED) is 0.873. The number of hydrogen-bond donors (Lipinski definition) is 1. The first kappa shape index (κ1) is 17.1. The number of carbonyl (C=O) groups excluding carboxylic acids is 2. The van der Waals surface area contributed by atoms with Crippen LogP contribution in [-0.2, 0) is 9.53 Å². The van der Waals surface area contributed by atoms with E-state index in [9.17, 15) is 9.59 Å². The van der Waals surface area contributed by atoms with Crippen LogP contribution in [0.2, 0.25) is 0 Å². The third-order valence-electron chi connectivity index (χ3n) is 2.89. The molecule has 6 heteroatoms. The fourth-order valence-corrected chi connectivity index (χ4v) is 2.62. The van der Waals surface area contributed by atoms with Crippen molar-refractivity contribution in [1.29, 1.82) is 0 Å². The number of esters is 1. The van der Waals surface area contributed by atoms with Gasteiger partial charge in [0.15, 0.2) is 11.8 Å². The van der Waals surface area contributed by atoms with Gasteiger partial charge in [-0.3, -0.25) is 4.79 Å². The molecule has 0 spiro atoms. The van der Waals surface area contributed by atoms with E-state index in [1.165, 1.54) is 11.3 Å². The van der Waals surface area contributed by atoms with Gasteiger partial charge in [-0.1, -0.05) is 30.3 Å². The van der Waals surface area contributed by atoms with Crippen molar-refractivity contribution in [3.8, 4) is 10.6 Å². The Hall–Kier alpha value is -2.21. The summed E-state index contributed by atoms with van der Waals surface area (Å²) in [6, 6.07) is 9.59. The second-order valence-electron chi connectivity index (χ2n) is 6.19. The zero-order valence-electron chi connectivity index (χ0n) is 13.6. The zero-order valence-corrected chi connectivity index (χ0v) is 14.4. The Morgan fingerprint density at radius 2 is 1.87 bits per heavy atom. The number of carbonyl (C=O) groups is 2. The number of rotatable bonds is 4. The summed E-state index contributed by atoms with van der Waals surface area (Å²) in [7, 11) is 0. The van der Waals surface area contributed by atoms with E-state index in [1.54, 1.807) is 12.3 Å². The van der Waals surface area contributed by atoms with Crippen LogP contribution in [0.5, 0.6) is 0 Å². The Labute approximate surface area is 139 Å². The van der Waals surface area contributed by atoms with Gasteiger partial charge >= 0.3 is 5.97 Å². The average molecular weight is 332 g/mol. The van der Waals surface area contributed by atoms with Crippen molar-refractivity contribution in [3.63, 3.8) is 0 Å². The number of nitrogens with one attached hydrogen (secondary N) is 1. The lowest BCUT2D eigenvalue weighted by molar-refractivity contribution is -0.130. The lowest BCUT2D eigenvalue weighted by atomic mass is 10.1. The SMILES string of the molecule is C[C@@H](OC(=O)c1csc(-c2ccccc2)n1)C(=O)NC(C)(C)C. The zero-order chi connectivity index (χ0) is 17.0. The van der Waals surface area contributed by atoms with E-state index in [1.807, 2.05) is 51.1 Å². The molecular formula is C17H20N2O3S. The molecule has 5 nitrogen and oxygen atoms in total. The van der Waals surface area contributed by atoms with Crippen LogP contribution in [-0.4, -0.2) is 28.5 Å². The minimum Gasteiger partial charge on any atom is -0.448 e. The second-order valence-corrected chi connectivity index (χ2v) is 7.05. The molecule has 1 aromatic carbocycles. The summed E-state index contributed by atoms with van der Waals surface area (Å²) in [6.45, 7) is 7.15. The number of benzene rings is 1. The molecule has 122 valence electrons. The summed E-state index contributed by atoms with van der Waals surface area (Å²) in [5.41, 5.74) is 0.776. The van der Waals surface area contributed by atoms with Crippen LogP contribution in [0.3, 0.4) is 0 Å². The molecule has 1 heterocycles. The Balaban J connectivity index is 2.02. The molecule has 2 rings (SSSR count). The van der Waals surface area contributed by atoms with Gasteiger partial charge in [0.25, 0.3) is 5.91 Å². The van der Waals surface area contributed by atoms with Gasteiger partial charge in [0.2, 0.25) is 0 Å². The summed E-state index contributed by atoms with van der Waals surface area (Å²) in [5.74, 6) is -0.927. The topological polar surface area (TPSA) is 68.3 Å². The van der Waals surface area contributed by atoms with Crippen molar-refractivity contribution in [3.05, 3.63) is 41.4 Å². The van der Waals surface area contributed by atoms with Gasteiger partial charge in [0.1, 0.15) is 5.01 Å². The van der Waals surface area contributed by atoms with Gasteiger partial charge in [-0.25, -0.2) is 9.78 Å². The summed E-state index contributed by atoms with van der Waals surface area (Å²) in [6.07, 6.45) is -0.872. The maximum Gasteiger partial charge on any atom is 0.358 e. The fraction of sp³-hybridized carbons (Fsp3) is 0.353. The molecule has 0 radical (unpaired) electrons. The average Bonchev–Trinajstić information content (AvgIpc) is 2.96. The minimum absolute atomic E-state index is 0.212. The lowest BCUT2D eigenvalue weighted by Crippen LogP contribution is -2.46. The summed E-state index contributed by atoms with van der Waals surface area (Å²) >= 11 is 1.36. The number of ether oxygens (including phenoxy) is 1. The van der Waals surface area contributed by atoms with Gasteiger partial charge in [-0.15, -0.1) is 11.3 Å². The van der Waals surface area contributed by atoms with E-state index in [-0.39, 0.29) is 17.1 Å². The number of hydrogen-bond acceptors (Lipinski definition) is 5. The monoisotopic (exact) mass is 332 g/mol. The summed E-state index contributed by atoms with van der Waals surface area (Å²) in [5, 5.41) is 5.15. The first-order valence-electron chi connectivity index (χ1n) is 7.30. The predicted molar refractivity (Wildman–Crippen MR) is 90.3 cm³/mol. The van der Waals surface area contributed by atoms with Crippen molar-refractivity contribution < 1.29 is 14.3 Å². The van der Waals surface area contributed by atoms with Crippen LogP contribution < -0.4 is 5.32 Å². The molecule has 0 saturated carbocycles. The van der Waals surface area contributed by atoms with Crippen molar-refractivity contribution in [2.45, 2.75) is 39.3 Å². The number of amides is 1. The molecule has 0 aliphatic heterocycles. The van der Waals surface area contributed by atoms with Crippen molar-refractivity contribution in [2.75, 3.05) is 0 Å². The molecule has 0 unspecified atom stereocenters. The molecule has 2 aromatic rings. The van der Waals surface area contributed by atoms with Gasteiger partial charge in [0.05, 0.1) is 0 Å². The number of aromatic nitrogens is 1. The molecule has 1 aromatic heterocycles. The number of thiazole rings is 1. The van der Waals surface area contributed by atoms with Crippen molar-refractivity contribution in [2.24, 2.45) is 0 Å². The highest BCUT2D eigenvalue weighted by molar-refractivity contribution is 7.13. The smallest absolute Gasteiger partial charge is 0.358 e. The van der Waals surface area contributed by atoms with Crippen molar-refractivity contribution >= 4 is 23.2 Å². The Bertz CT molecular complexity index is 689. The van der Waals surface area contributed by atoms with Gasteiger partial charge in [0, 0.05) is 16.5 Å². The molecular weight excluding hydrogens is 312 g/mol. The van der Waals surface area contributed by atoms with E-state index in [2.05, 4.69) is 10.3 Å². The molecule has 0 bridgehead atoms. The Morgan fingerprint density at radius 1 is 1.22 bits per heavy atom. The maximum atomic E-state index is 12.1. The van der Waals surface area contributed by atoms with E-state index < -0.39 is 12.1 Å². The third-order valence-corrected chi connectivity index (χ3v) is 3.78. The molecule has 1 atom stereocenters. The summed E-state index contributed by atoms with van der Waals surface area (Å²) < 4.78 is 5.19. The number of nitrogens with zero attached hydrogens (tertiary/aromatic N) is 1.